The van der Waals surface area contributed by atoms with E-state index in [-0.39, 0.29) is 120 Å². The second-order valence-corrected chi connectivity index (χ2v) is 22.7. The van der Waals surface area contributed by atoms with Crippen molar-refractivity contribution in [2.24, 2.45) is 0 Å². The predicted molar refractivity (Wildman–Crippen MR) is 281 cm³/mol. The molecule has 2 amide bonds. The second-order valence-electron chi connectivity index (χ2n) is 18.3. The van der Waals surface area contributed by atoms with Crippen LogP contribution >= 0.6 is 23.2 Å². The molecule has 0 spiro atoms. The van der Waals surface area contributed by atoms with Crippen LogP contribution < -0.4 is 24.8 Å². The molecule has 0 aromatic heterocycles. The number of hydrogen-bond acceptors (Lipinski definition) is 14. The summed E-state index contributed by atoms with van der Waals surface area (Å²) in [6, 6.07) is 25.7. The minimum absolute atomic E-state index is 0.0628. The first-order chi connectivity index (χ1) is 35.8. The van der Waals surface area contributed by atoms with Gasteiger partial charge in [-0.1, -0.05) is 66.0 Å². The maximum Gasteiger partial charge on any atom is 0.246 e. The van der Waals surface area contributed by atoms with Gasteiger partial charge in [-0.2, -0.15) is 0 Å². The zero-order chi connectivity index (χ0) is 52.3. The maximum atomic E-state index is 13.1. The minimum atomic E-state index is -3.81. The van der Waals surface area contributed by atoms with Gasteiger partial charge in [0.1, 0.15) is 25.1 Å². The van der Waals surface area contributed by atoms with Crippen LogP contribution in [0.15, 0.2) is 94.7 Å². The van der Waals surface area contributed by atoms with Crippen molar-refractivity contribution in [3.63, 3.8) is 0 Å². The molecule has 7 rings (SSSR count). The summed E-state index contributed by atoms with van der Waals surface area (Å²) in [5.74, 6) is -0.303. The van der Waals surface area contributed by atoms with E-state index in [0.29, 0.717) is 28.9 Å². The molecule has 1 saturated heterocycles. The van der Waals surface area contributed by atoms with E-state index in [0.717, 1.165) is 36.2 Å². The average Bonchev–Trinajstić information content (AvgIpc) is 3.75. The van der Waals surface area contributed by atoms with Crippen molar-refractivity contribution in [3.05, 3.63) is 123 Å². The lowest BCUT2D eigenvalue weighted by Crippen LogP contribution is -2.43. The summed E-state index contributed by atoms with van der Waals surface area (Å²) in [6.07, 6.45) is 4.46. The molecule has 3 atom stereocenters. The van der Waals surface area contributed by atoms with Gasteiger partial charge in [0, 0.05) is 55.2 Å². The zero-order valence-corrected chi connectivity index (χ0v) is 44.9. The van der Waals surface area contributed by atoms with Gasteiger partial charge in [0.2, 0.25) is 31.9 Å². The summed E-state index contributed by atoms with van der Waals surface area (Å²) in [5.41, 5.74) is 5.31. The van der Waals surface area contributed by atoms with E-state index < -0.39 is 31.9 Å². The Hall–Kier alpha value is -4.26. The van der Waals surface area contributed by atoms with Crippen molar-refractivity contribution in [1.29, 1.82) is 0 Å². The molecule has 404 valence electrons. The van der Waals surface area contributed by atoms with Crippen molar-refractivity contribution in [2.75, 3.05) is 119 Å². The van der Waals surface area contributed by atoms with E-state index in [4.69, 9.17) is 51.6 Å². The molecular weight excluding hydrogens is 1040 g/mol. The van der Waals surface area contributed by atoms with E-state index >= 15 is 0 Å². The molecule has 22 heteroatoms. The highest BCUT2D eigenvalue weighted by molar-refractivity contribution is 7.89. The van der Waals surface area contributed by atoms with Gasteiger partial charge in [-0.15, -0.1) is 0 Å². The number of carbonyl (C=O) groups excluding carboxylic acids is 2. The highest BCUT2D eigenvalue weighted by Gasteiger charge is 2.38. The fourth-order valence-corrected chi connectivity index (χ4v) is 11.9. The van der Waals surface area contributed by atoms with E-state index in [9.17, 15) is 26.4 Å². The molecule has 18 nitrogen and oxygen atoms in total. The lowest BCUT2D eigenvalue weighted by Gasteiger charge is -2.35. The van der Waals surface area contributed by atoms with Crippen LogP contribution in [0.25, 0.3) is 0 Å². The molecule has 2 aliphatic heterocycles. The number of nitrogens with one attached hydrogen (secondary N) is 4. The zero-order valence-electron chi connectivity index (χ0n) is 41.7. The Balaban J connectivity index is 0.650. The summed E-state index contributed by atoms with van der Waals surface area (Å²) in [7, 11) is -5.57. The van der Waals surface area contributed by atoms with Gasteiger partial charge >= 0.3 is 0 Å². The SMILES string of the molecule is CN1Cc2c(Cl)cc(Cl)cc2[C@H](c2cccc(S(=O)(=O)NCCOCCOCCNC(=O)COCC(=O)NCCOCCOCCNS(=O)(=O)c3ccc(O[C@H]4c5ccccc5C[C@@H]4N4CCCCC4)cc3)c2)C1. The Morgan fingerprint density at radius 2 is 1.23 bits per heavy atom. The molecule has 0 bridgehead atoms. The van der Waals surface area contributed by atoms with Crippen molar-refractivity contribution < 1.29 is 54.8 Å². The number of hydrogen-bond donors (Lipinski definition) is 4. The van der Waals surface area contributed by atoms with E-state index in [1.165, 1.54) is 30.4 Å². The van der Waals surface area contributed by atoms with E-state index in [1.807, 2.05) is 25.2 Å². The van der Waals surface area contributed by atoms with Gasteiger partial charge < -0.3 is 44.0 Å². The highest BCUT2D eigenvalue weighted by Crippen LogP contribution is 2.40. The third kappa shape index (κ3) is 17.1. The van der Waals surface area contributed by atoms with Crippen molar-refractivity contribution >= 4 is 55.1 Å². The van der Waals surface area contributed by atoms with Crippen LogP contribution in [0.1, 0.15) is 59.1 Å². The average molecular weight is 1100 g/mol. The van der Waals surface area contributed by atoms with Gasteiger partial charge in [-0.25, -0.2) is 26.3 Å². The number of benzene rings is 4. The number of piperidine rings is 1. The van der Waals surface area contributed by atoms with E-state index in [2.05, 4.69) is 48.1 Å². The number of likely N-dealkylation sites (tertiary alicyclic amines) is 1. The highest BCUT2D eigenvalue weighted by atomic mass is 35.5. The molecule has 0 unspecified atom stereocenters. The molecule has 3 aliphatic rings. The quantitative estimate of drug-likeness (QED) is 0.0523. The fraction of sp³-hybridized carbons (Fsp3) is 0.500. The van der Waals surface area contributed by atoms with Crippen LogP contribution in [-0.2, 0) is 66.3 Å². The second kappa shape index (κ2) is 28.8. The number of rotatable bonds is 30. The molecule has 1 fully saturated rings. The number of halogens is 2. The van der Waals surface area contributed by atoms with E-state index in [1.54, 1.807) is 48.5 Å². The summed E-state index contributed by atoms with van der Waals surface area (Å²) in [6.45, 7) is 5.07. The van der Waals surface area contributed by atoms with Crippen molar-refractivity contribution in [3.8, 4) is 5.75 Å². The number of nitrogens with zero attached hydrogens (tertiary/aromatic N) is 2. The molecular formula is C52H68Cl2N6O12S2. The summed E-state index contributed by atoms with van der Waals surface area (Å²) >= 11 is 12.8. The molecule has 4 N–H and O–H groups in total. The Morgan fingerprint density at radius 3 is 1.86 bits per heavy atom. The predicted octanol–water partition coefficient (Wildman–Crippen LogP) is 4.67. The third-order valence-electron chi connectivity index (χ3n) is 12.9. The maximum absolute atomic E-state index is 13.1. The Labute approximate surface area is 445 Å². The smallest absolute Gasteiger partial charge is 0.246 e. The molecule has 74 heavy (non-hydrogen) atoms. The van der Waals surface area contributed by atoms with Crippen molar-refractivity contribution in [2.45, 2.75) is 60.1 Å². The first-order valence-electron chi connectivity index (χ1n) is 25.0. The molecule has 4 aromatic carbocycles. The van der Waals surface area contributed by atoms with Crippen molar-refractivity contribution in [1.82, 2.24) is 29.9 Å². The largest absolute Gasteiger partial charge is 0.484 e. The number of fused-ring (bicyclic) bond motifs is 2. The van der Waals surface area contributed by atoms with Gasteiger partial charge in [-0.05, 0) is 116 Å². The summed E-state index contributed by atoms with van der Waals surface area (Å²) in [4.78, 5) is 29.1. The molecule has 2 heterocycles. The Morgan fingerprint density at radius 1 is 0.635 bits per heavy atom. The van der Waals surface area contributed by atoms with Crippen LogP contribution in [0.3, 0.4) is 0 Å². The Bertz CT molecular complexity index is 2680. The van der Waals surface area contributed by atoms with Gasteiger partial charge in [0.25, 0.3) is 0 Å². The molecule has 1 aliphatic carbocycles. The lowest BCUT2D eigenvalue weighted by molar-refractivity contribution is -0.131. The molecule has 4 aromatic rings. The fourth-order valence-electron chi connectivity index (χ4n) is 9.29. The lowest BCUT2D eigenvalue weighted by atomic mass is 9.85. The van der Waals surface area contributed by atoms with Gasteiger partial charge in [-0.3, -0.25) is 14.5 Å². The van der Waals surface area contributed by atoms with Crippen LogP contribution in [0.2, 0.25) is 10.0 Å². The first kappa shape index (κ1) is 57.4. The Kier molecular flexibility index (Phi) is 22.3. The van der Waals surface area contributed by atoms with Gasteiger partial charge in [0.15, 0.2) is 0 Å². The minimum Gasteiger partial charge on any atom is -0.484 e. The topological polar surface area (TPSA) is 212 Å². The van der Waals surface area contributed by atoms with Crippen LogP contribution in [-0.4, -0.2) is 163 Å². The standard InChI is InChI=1S/C52H68Cl2N6O12S2/c1-59-34-46(45-32-40(53)33-48(54)47(45)35-59)38-9-7-10-43(30-38)74(65,66)58-19-25-70-29-27-68-23-17-56-51(62)37-71-36-50(61)55-16-22-67-26-28-69-24-18-57-73(63,64)42-14-12-41(13-15-42)72-52-44-11-4-3-8-39(44)31-49(52)60-20-5-2-6-21-60/h3-4,7-15,30,32-33,46,49,52,57-58H,2,5-6,16-29,31,34-37H2,1H3,(H,55,61)(H,56,62)/t46-,49-,52-/m0/s1. The number of amides is 2. The molecule has 0 radical (unpaired) electrons. The van der Waals surface area contributed by atoms with Gasteiger partial charge in [0.05, 0.1) is 68.7 Å². The summed E-state index contributed by atoms with van der Waals surface area (Å²) < 4.78 is 91.0. The monoisotopic (exact) mass is 1100 g/mol. The summed E-state index contributed by atoms with van der Waals surface area (Å²) in [5, 5.41) is 6.40. The number of sulfonamides is 2. The molecule has 0 saturated carbocycles. The number of likely N-dealkylation sites (N-methyl/N-ethyl adjacent to an activating group) is 1. The van der Waals surface area contributed by atoms with Crippen LogP contribution in [0.5, 0.6) is 5.75 Å². The number of ether oxygens (including phenoxy) is 6. The first-order valence-corrected chi connectivity index (χ1v) is 28.8. The normalized spacial score (nSPS) is 18.2. The number of carbonyl (C=O) groups is 2. The van der Waals surface area contributed by atoms with Crippen LogP contribution in [0, 0.1) is 0 Å². The van der Waals surface area contributed by atoms with Crippen LogP contribution in [0.4, 0.5) is 0 Å². The third-order valence-corrected chi connectivity index (χ3v) is 16.4.